The lowest BCUT2D eigenvalue weighted by molar-refractivity contribution is -0.144. The first-order valence-corrected chi connectivity index (χ1v) is 11.9. The summed E-state index contributed by atoms with van der Waals surface area (Å²) in [7, 11) is 1.51. The molecule has 0 saturated heterocycles. The van der Waals surface area contributed by atoms with E-state index in [1.807, 2.05) is 42.5 Å². The van der Waals surface area contributed by atoms with Gasteiger partial charge in [0.15, 0.2) is 11.5 Å². The predicted octanol–water partition coefficient (Wildman–Crippen LogP) is 5.08. The number of benzene rings is 3. The Hall–Kier alpha value is -3.03. The van der Waals surface area contributed by atoms with E-state index in [1.165, 1.54) is 7.11 Å². The van der Waals surface area contributed by atoms with Crippen LogP contribution in [0.3, 0.4) is 0 Å². The molecular weight excluding hydrogens is 522 g/mol. The van der Waals surface area contributed by atoms with E-state index in [0.29, 0.717) is 34.0 Å². The molecule has 8 heteroatoms. The fourth-order valence-electron chi connectivity index (χ4n) is 4.15. The highest BCUT2D eigenvalue weighted by Crippen LogP contribution is 2.35. The summed E-state index contributed by atoms with van der Waals surface area (Å²) in [5, 5.41) is 13.4. The first kappa shape index (κ1) is 24.1. The number of aliphatic carboxylic acids is 1. The van der Waals surface area contributed by atoms with Crippen molar-refractivity contribution in [3.63, 3.8) is 0 Å². The standard InChI is InChI=1S/C26H23BrClNO5/c1-33-22-13-21(27)20(12-23(22)34-10-9-16-5-4-8-19(28)11-16)24(30)29-26(25(31)32)14-17-6-2-3-7-18(17)15-26/h2-8,11-13H,9-10,14-15H2,1H3,(H,29,30)(H,31,32). The summed E-state index contributed by atoms with van der Waals surface area (Å²) in [6.45, 7) is 0.341. The zero-order chi connectivity index (χ0) is 24.3. The first-order chi connectivity index (χ1) is 16.3. The van der Waals surface area contributed by atoms with E-state index < -0.39 is 17.4 Å². The number of ether oxygens (including phenoxy) is 2. The molecule has 0 spiro atoms. The molecule has 1 amide bonds. The van der Waals surface area contributed by atoms with Crippen molar-refractivity contribution < 1.29 is 24.2 Å². The number of methoxy groups -OCH3 is 1. The van der Waals surface area contributed by atoms with Gasteiger partial charge in [0.1, 0.15) is 5.54 Å². The molecule has 176 valence electrons. The van der Waals surface area contributed by atoms with Crippen LogP contribution in [0.1, 0.15) is 27.0 Å². The molecule has 0 atom stereocenters. The Morgan fingerprint density at radius 3 is 2.38 bits per heavy atom. The number of nitrogens with one attached hydrogen (secondary N) is 1. The van der Waals surface area contributed by atoms with E-state index in [4.69, 9.17) is 21.1 Å². The Morgan fingerprint density at radius 2 is 1.76 bits per heavy atom. The number of carboxylic acids is 1. The van der Waals surface area contributed by atoms with Crippen molar-refractivity contribution >= 4 is 39.4 Å². The summed E-state index contributed by atoms with van der Waals surface area (Å²) in [4.78, 5) is 25.5. The number of amides is 1. The molecule has 0 heterocycles. The van der Waals surface area contributed by atoms with E-state index in [2.05, 4.69) is 21.2 Å². The van der Waals surface area contributed by atoms with Crippen LogP contribution >= 0.6 is 27.5 Å². The highest BCUT2D eigenvalue weighted by molar-refractivity contribution is 9.10. The van der Waals surface area contributed by atoms with Gasteiger partial charge in [0.05, 0.1) is 19.3 Å². The molecule has 0 aromatic heterocycles. The van der Waals surface area contributed by atoms with Crippen molar-refractivity contribution in [1.29, 1.82) is 0 Å². The number of hydrogen-bond donors (Lipinski definition) is 2. The van der Waals surface area contributed by atoms with Crippen molar-refractivity contribution in [3.05, 3.63) is 92.4 Å². The summed E-state index contributed by atoms with van der Waals surface area (Å²) in [5.41, 5.74) is 1.71. The Bertz CT molecular complexity index is 1220. The van der Waals surface area contributed by atoms with Gasteiger partial charge in [-0.05, 0) is 56.9 Å². The van der Waals surface area contributed by atoms with Gasteiger partial charge in [0.2, 0.25) is 0 Å². The van der Waals surface area contributed by atoms with Crippen LogP contribution in [0.5, 0.6) is 11.5 Å². The van der Waals surface area contributed by atoms with Crippen LogP contribution in [0.25, 0.3) is 0 Å². The predicted molar refractivity (Wildman–Crippen MR) is 133 cm³/mol. The van der Waals surface area contributed by atoms with E-state index in [0.717, 1.165) is 16.7 Å². The third-order valence-electron chi connectivity index (χ3n) is 5.90. The van der Waals surface area contributed by atoms with Gasteiger partial charge in [-0.3, -0.25) is 4.79 Å². The van der Waals surface area contributed by atoms with Gasteiger partial charge in [-0.2, -0.15) is 0 Å². The van der Waals surface area contributed by atoms with Crippen LogP contribution in [0.4, 0.5) is 0 Å². The number of rotatable bonds is 8. The van der Waals surface area contributed by atoms with E-state index in [9.17, 15) is 14.7 Å². The molecule has 0 saturated carbocycles. The molecule has 0 unspecified atom stereocenters. The van der Waals surface area contributed by atoms with E-state index in [-0.39, 0.29) is 18.4 Å². The van der Waals surface area contributed by atoms with Crippen molar-refractivity contribution in [3.8, 4) is 11.5 Å². The smallest absolute Gasteiger partial charge is 0.330 e. The maximum absolute atomic E-state index is 13.3. The minimum atomic E-state index is -1.41. The number of halogens is 2. The second-order valence-corrected chi connectivity index (χ2v) is 9.47. The van der Waals surface area contributed by atoms with Gasteiger partial charge in [0.25, 0.3) is 5.91 Å². The number of fused-ring (bicyclic) bond motifs is 1. The molecule has 4 rings (SSSR count). The molecule has 34 heavy (non-hydrogen) atoms. The van der Waals surface area contributed by atoms with Gasteiger partial charge < -0.3 is 19.9 Å². The molecule has 0 radical (unpaired) electrons. The summed E-state index contributed by atoms with van der Waals surface area (Å²) in [5.74, 6) is -0.739. The fraction of sp³-hybridized carbons (Fsp3) is 0.231. The number of hydrogen-bond acceptors (Lipinski definition) is 4. The Balaban J connectivity index is 1.53. The summed E-state index contributed by atoms with van der Waals surface area (Å²) in [6.07, 6.45) is 1.06. The third kappa shape index (κ3) is 5.05. The van der Waals surface area contributed by atoms with Crippen LogP contribution in [-0.4, -0.2) is 36.2 Å². The van der Waals surface area contributed by atoms with Crippen LogP contribution < -0.4 is 14.8 Å². The second-order valence-electron chi connectivity index (χ2n) is 8.17. The molecule has 3 aromatic carbocycles. The minimum absolute atomic E-state index is 0.223. The number of carbonyl (C=O) groups is 2. The number of carboxylic acid groups (broad SMARTS) is 1. The third-order valence-corrected chi connectivity index (χ3v) is 6.79. The summed E-state index contributed by atoms with van der Waals surface area (Å²) in [6, 6.07) is 18.2. The molecule has 3 aromatic rings. The lowest BCUT2D eigenvalue weighted by Gasteiger charge is -2.26. The van der Waals surface area contributed by atoms with E-state index in [1.54, 1.807) is 18.2 Å². The lowest BCUT2D eigenvalue weighted by Crippen LogP contribution is -2.55. The molecular formula is C26H23BrClNO5. The maximum Gasteiger partial charge on any atom is 0.330 e. The molecule has 0 aliphatic heterocycles. The van der Waals surface area contributed by atoms with Crippen molar-refractivity contribution in [2.75, 3.05) is 13.7 Å². The normalized spacial score (nSPS) is 13.7. The van der Waals surface area contributed by atoms with Gasteiger partial charge in [-0.1, -0.05) is 48.0 Å². The Labute approximate surface area is 211 Å². The van der Waals surface area contributed by atoms with E-state index >= 15 is 0 Å². The average molecular weight is 545 g/mol. The largest absolute Gasteiger partial charge is 0.493 e. The monoisotopic (exact) mass is 543 g/mol. The van der Waals surface area contributed by atoms with Crippen LogP contribution in [0.15, 0.2) is 65.1 Å². The number of carbonyl (C=O) groups excluding carboxylic acids is 1. The van der Waals surface area contributed by atoms with Crippen molar-refractivity contribution in [2.45, 2.75) is 24.8 Å². The van der Waals surface area contributed by atoms with Crippen LogP contribution in [0.2, 0.25) is 5.02 Å². The highest BCUT2D eigenvalue weighted by Gasteiger charge is 2.45. The van der Waals surface area contributed by atoms with Gasteiger partial charge in [-0.25, -0.2) is 4.79 Å². The SMILES string of the molecule is COc1cc(Br)c(C(=O)NC2(C(=O)O)Cc3ccccc3C2)cc1OCCc1cccc(Cl)c1. The molecule has 2 N–H and O–H groups in total. The summed E-state index contributed by atoms with van der Waals surface area (Å²) >= 11 is 9.45. The molecule has 1 aliphatic carbocycles. The highest BCUT2D eigenvalue weighted by atomic mass is 79.9. The van der Waals surface area contributed by atoms with Gasteiger partial charge >= 0.3 is 5.97 Å². The van der Waals surface area contributed by atoms with Gasteiger partial charge in [-0.15, -0.1) is 0 Å². The van der Waals surface area contributed by atoms with Crippen molar-refractivity contribution in [2.24, 2.45) is 0 Å². The maximum atomic E-state index is 13.3. The zero-order valence-electron chi connectivity index (χ0n) is 18.4. The zero-order valence-corrected chi connectivity index (χ0v) is 20.8. The summed E-state index contributed by atoms with van der Waals surface area (Å²) < 4.78 is 11.8. The Kier molecular flexibility index (Phi) is 7.14. The molecule has 6 nitrogen and oxygen atoms in total. The molecule has 1 aliphatic rings. The topological polar surface area (TPSA) is 84.9 Å². The second kappa shape index (κ2) is 10.1. The van der Waals surface area contributed by atoms with Crippen LogP contribution in [0, 0.1) is 0 Å². The van der Waals surface area contributed by atoms with Gasteiger partial charge in [0, 0.05) is 28.8 Å². The van der Waals surface area contributed by atoms with Crippen LogP contribution in [-0.2, 0) is 24.1 Å². The minimum Gasteiger partial charge on any atom is -0.493 e. The lowest BCUT2D eigenvalue weighted by atomic mass is 9.95. The molecule has 0 fully saturated rings. The quantitative estimate of drug-likeness (QED) is 0.413. The first-order valence-electron chi connectivity index (χ1n) is 10.7. The Morgan fingerprint density at radius 1 is 1.06 bits per heavy atom. The fourth-order valence-corrected chi connectivity index (χ4v) is 4.86. The molecule has 0 bridgehead atoms. The van der Waals surface area contributed by atoms with Crippen molar-refractivity contribution in [1.82, 2.24) is 5.32 Å². The average Bonchev–Trinajstić information content (AvgIpc) is 3.19.